The van der Waals surface area contributed by atoms with Crippen molar-refractivity contribution < 1.29 is 9.72 Å². The van der Waals surface area contributed by atoms with Crippen molar-refractivity contribution in [2.45, 2.75) is 6.92 Å². The van der Waals surface area contributed by atoms with Crippen LogP contribution in [0.25, 0.3) is 0 Å². The molecule has 5 nitrogen and oxygen atoms in total. The molecule has 0 bridgehead atoms. The van der Waals surface area contributed by atoms with Gasteiger partial charge < -0.3 is 5.32 Å². The monoisotopic (exact) mass is 368 g/mol. The first-order valence-electron chi connectivity index (χ1n) is 5.90. The first kappa shape index (κ1) is 15.5. The quantitative estimate of drug-likeness (QED) is 0.636. The second kappa shape index (κ2) is 6.24. The average molecular weight is 370 g/mol. The van der Waals surface area contributed by atoms with Crippen molar-refractivity contribution >= 4 is 44.8 Å². The first-order valence-corrected chi connectivity index (χ1v) is 7.07. The molecular weight excluding hydrogens is 360 g/mol. The molecule has 0 unspecified atom stereocenters. The minimum atomic E-state index is -0.485. The molecule has 0 saturated heterocycles. The Hall–Kier alpha value is -1.92. The lowest BCUT2D eigenvalue weighted by Gasteiger charge is -2.09. The zero-order valence-corrected chi connectivity index (χ0v) is 13.2. The number of hydrogen-bond donors (Lipinski definition) is 1. The second-order valence-corrected chi connectivity index (χ2v) is 5.67. The molecule has 0 aromatic heterocycles. The molecule has 0 heterocycles. The molecule has 0 fully saturated rings. The van der Waals surface area contributed by atoms with E-state index in [0.717, 1.165) is 0 Å². The number of nitro benzene ring substituents is 1. The Balaban J connectivity index is 2.32. The fourth-order valence-corrected chi connectivity index (χ4v) is 2.70. The van der Waals surface area contributed by atoms with E-state index in [-0.39, 0.29) is 11.6 Å². The molecule has 1 amide bonds. The standard InChI is InChI=1S/C14H10BrClN2O3/c1-8-12(3-2-4-13(8)18(20)21)17-14(19)9-5-10(15)7-11(16)6-9/h2-7H,1H3,(H,17,19). The van der Waals surface area contributed by atoms with Gasteiger partial charge in [0.05, 0.1) is 16.2 Å². The molecule has 2 aromatic carbocycles. The zero-order chi connectivity index (χ0) is 15.6. The number of rotatable bonds is 3. The molecule has 0 saturated carbocycles. The molecule has 0 spiro atoms. The Morgan fingerprint density at radius 3 is 2.67 bits per heavy atom. The summed E-state index contributed by atoms with van der Waals surface area (Å²) in [7, 11) is 0. The van der Waals surface area contributed by atoms with Gasteiger partial charge in [-0.25, -0.2) is 0 Å². The maximum atomic E-state index is 12.2. The summed E-state index contributed by atoms with van der Waals surface area (Å²) in [5.74, 6) is -0.387. The number of amides is 1. The lowest BCUT2D eigenvalue weighted by Crippen LogP contribution is -2.13. The second-order valence-electron chi connectivity index (χ2n) is 4.32. The van der Waals surface area contributed by atoms with E-state index in [1.807, 2.05) is 0 Å². The van der Waals surface area contributed by atoms with Gasteiger partial charge in [-0.1, -0.05) is 33.6 Å². The molecule has 0 aliphatic carbocycles. The van der Waals surface area contributed by atoms with Crippen molar-refractivity contribution in [1.29, 1.82) is 0 Å². The third-order valence-corrected chi connectivity index (χ3v) is 3.55. The summed E-state index contributed by atoms with van der Waals surface area (Å²) in [6, 6.07) is 9.33. The highest BCUT2D eigenvalue weighted by atomic mass is 79.9. The predicted molar refractivity (Wildman–Crippen MR) is 84.9 cm³/mol. The lowest BCUT2D eigenvalue weighted by atomic mass is 10.1. The molecule has 0 atom stereocenters. The van der Waals surface area contributed by atoms with Crippen LogP contribution in [0.3, 0.4) is 0 Å². The molecule has 108 valence electrons. The van der Waals surface area contributed by atoms with Crippen molar-refractivity contribution in [2.75, 3.05) is 5.32 Å². The summed E-state index contributed by atoms with van der Waals surface area (Å²) in [5, 5.41) is 14.0. The van der Waals surface area contributed by atoms with Gasteiger partial charge in [0.1, 0.15) is 0 Å². The normalized spacial score (nSPS) is 10.2. The number of nitro groups is 1. The molecule has 2 rings (SSSR count). The Morgan fingerprint density at radius 1 is 1.33 bits per heavy atom. The van der Waals surface area contributed by atoms with Crippen LogP contribution in [0.5, 0.6) is 0 Å². The van der Waals surface area contributed by atoms with Gasteiger partial charge in [0.25, 0.3) is 11.6 Å². The van der Waals surface area contributed by atoms with E-state index in [4.69, 9.17) is 11.6 Å². The van der Waals surface area contributed by atoms with Crippen LogP contribution in [0.2, 0.25) is 5.02 Å². The Bertz CT molecular complexity index is 714. The van der Waals surface area contributed by atoms with Crippen LogP contribution >= 0.6 is 27.5 Å². The van der Waals surface area contributed by atoms with Crippen LogP contribution in [-0.4, -0.2) is 10.8 Å². The Labute approximate surface area is 134 Å². The maximum Gasteiger partial charge on any atom is 0.274 e. The summed E-state index contributed by atoms with van der Waals surface area (Å²) in [5.41, 5.74) is 1.11. The van der Waals surface area contributed by atoms with Gasteiger partial charge in [-0.3, -0.25) is 14.9 Å². The highest BCUT2D eigenvalue weighted by molar-refractivity contribution is 9.10. The zero-order valence-electron chi connectivity index (χ0n) is 10.9. The maximum absolute atomic E-state index is 12.2. The third-order valence-electron chi connectivity index (χ3n) is 2.87. The van der Waals surface area contributed by atoms with E-state index in [2.05, 4.69) is 21.2 Å². The van der Waals surface area contributed by atoms with Crippen molar-refractivity contribution in [3.05, 3.63) is 67.1 Å². The van der Waals surface area contributed by atoms with E-state index >= 15 is 0 Å². The van der Waals surface area contributed by atoms with Gasteiger partial charge in [0.15, 0.2) is 0 Å². The summed E-state index contributed by atoms with van der Waals surface area (Å²) >= 11 is 9.15. The summed E-state index contributed by atoms with van der Waals surface area (Å²) in [6.07, 6.45) is 0. The number of carbonyl (C=O) groups is 1. The number of benzene rings is 2. The van der Waals surface area contributed by atoms with Gasteiger partial charge in [-0.2, -0.15) is 0 Å². The Morgan fingerprint density at radius 2 is 2.05 bits per heavy atom. The molecular formula is C14H10BrClN2O3. The van der Waals surface area contributed by atoms with Crippen LogP contribution < -0.4 is 5.32 Å². The van der Waals surface area contributed by atoms with Gasteiger partial charge >= 0.3 is 0 Å². The van der Waals surface area contributed by atoms with Crippen molar-refractivity contribution in [1.82, 2.24) is 0 Å². The van der Waals surface area contributed by atoms with E-state index in [0.29, 0.717) is 26.3 Å². The van der Waals surface area contributed by atoms with E-state index < -0.39 is 4.92 Å². The SMILES string of the molecule is Cc1c(NC(=O)c2cc(Cl)cc(Br)c2)cccc1[N+](=O)[O-]. The summed E-state index contributed by atoms with van der Waals surface area (Å²) < 4.78 is 0.677. The van der Waals surface area contributed by atoms with Crippen molar-refractivity contribution in [3.8, 4) is 0 Å². The topological polar surface area (TPSA) is 72.2 Å². The van der Waals surface area contributed by atoms with Gasteiger partial charge in [0.2, 0.25) is 0 Å². The minimum Gasteiger partial charge on any atom is -0.321 e. The number of anilines is 1. The molecule has 0 radical (unpaired) electrons. The molecule has 2 aromatic rings. The van der Waals surface area contributed by atoms with E-state index in [9.17, 15) is 14.9 Å². The first-order chi connectivity index (χ1) is 9.88. The highest BCUT2D eigenvalue weighted by Gasteiger charge is 2.15. The predicted octanol–water partition coefficient (Wildman–Crippen LogP) is 4.57. The molecule has 21 heavy (non-hydrogen) atoms. The molecule has 0 aliphatic rings. The largest absolute Gasteiger partial charge is 0.321 e. The van der Waals surface area contributed by atoms with Crippen LogP contribution in [0.1, 0.15) is 15.9 Å². The number of carbonyl (C=O) groups excluding carboxylic acids is 1. The Kier molecular flexibility index (Phi) is 4.59. The lowest BCUT2D eigenvalue weighted by molar-refractivity contribution is -0.385. The fraction of sp³-hybridized carbons (Fsp3) is 0.0714. The van der Waals surface area contributed by atoms with Gasteiger partial charge in [0, 0.05) is 21.1 Å². The van der Waals surface area contributed by atoms with Crippen LogP contribution in [0, 0.1) is 17.0 Å². The van der Waals surface area contributed by atoms with Gasteiger partial charge in [-0.05, 0) is 31.2 Å². The number of hydrogen-bond acceptors (Lipinski definition) is 3. The third kappa shape index (κ3) is 3.59. The van der Waals surface area contributed by atoms with E-state index in [1.54, 1.807) is 25.1 Å². The van der Waals surface area contributed by atoms with Crippen LogP contribution in [-0.2, 0) is 0 Å². The van der Waals surface area contributed by atoms with Gasteiger partial charge in [-0.15, -0.1) is 0 Å². The number of halogens is 2. The fourth-order valence-electron chi connectivity index (χ4n) is 1.84. The van der Waals surface area contributed by atoms with Crippen LogP contribution in [0.15, 0.2) is 40.9 Å². The van der Waals surface area contributed by atoms with Crippen molar-refractivity contribution in [3.63, 3.8) is 0 Å². The number of nitrogens with one attached hydrogen (secondary N) is 1. The summed E-state index contributed by atoms with van der Waals surface area (Å²) in [4.78, 5) is 22.6. The minimum absolute atomic E-state index is 0.0416. The summed E-state index contributed by atoms with van der Waals surface area (Å²) in [6.45, 7) is 1.58. The average Bonchev–Trinajstić information content (AvgIpc) is 2.39. The molecule has 7 heteroatoms. The van der Waals surface area contributed by atoms with Crippen molar-refractivity contribution in [2.24, 2.45) is 0 Å². The van der Waals surface area contributed by atoms with E-state index in [1.165, 1.54) is 18.2 Å². The smallest absolute Gasteiger partial charge is 0.274 e. The molecule has 1 N–H and O–H groups in total. The number of nitrogens with zero attached hydrogens (tertiary/aromatic N) is 1. The molecule has 0 aliphatic heterocycles. The highest BCUT2D eigenvalue weighted by Crippen LogP contribution is 2.26. The van der Waals surface area contributed by atoms with Crippen LogP contribution in [0.4, 0.5) is 11.4 Å².